The van der Waals surface area contributed by atoms with Gasteiger partial charge in [-0.05, 0) is 56.2 Å². The molecule has 27 heavy (non-hydrogen) atoms. The van der Waals surface area contributed by atoms with Gasteiger partial charge in [0.2, 0.25) is 0 Å². The normalized spacial score (nSPS) is 17.6. The van der Waals surface area contributed by atoms with E-state index in [0.717, 1.165) is 18.7 Å². The maximum atomic E-state index is 12.8. The Balaban J connectivity index is 1.85. The van der Waals surface area contributed by atoms with Crippen LogP contribution in [0.15, 0.2) is 47.4 Å². The highest BCUT2D eigenvalue weighted by molar-refractivity contribution is 7.92. The van der Waals surface area contributed by atoms with Crippen molar-refractivity contribution in [1.29, 1.82) is 0 Å². The van der Waals surface area contributed by atoms with Gasteiger partial charge in [-0.2, -0.15) is 0 Å². The quantitative estimate of drug-likeness (QED) is 0.845. The van der Waals surface area contributed by atoms with Crippen molar-refractivity contribution in [3.8, 4) is 0 Å². The standard InChI is InChI=1S/C20H25N3O3S/c1-14-7-8-15(2)19(11-14)27(25,26)22-18-6-4-5-17(12-18)20(24)23-10-9-21-13-16(23)3/h4-8,11-12,16,21-22H,9-10,13H2,1-3H3/t16-/m0/s1. The molecule has 2 N–H and O–H groups in total. The molecule has 1 fully saturated rings. The molecule has 1 saturated heterocycles. The Kier molecular flexibility index (Phi) is 5.53. The van der Waals surface area contributed by atoms with Gasteiger partial charge in [0.15, 0.2) is 0 Å². The summed E-state index contributed by atoms with van der Waals surface area (Å²) < 4.78 is 28.2. The van der Waals surface area contributed by atoms with Gasteiger partial charge in [-0.25, -0.2) is 8.42 Å². The first kappa shape index (κ1) is 19.4. The summed E-state index contributed by atoms with van der Waals surface area (Å²) in [6, 6.07) is 12.1. The minimum Gasteiger partial charge on any atom is -0.333 e. The SMILES string of the molecule is Cc1ccc(C)c(S(=O)(=O)Nc2cccc(C(=O)N3CCNC[C@@H]3C)c2)c1. The minimum absolute atomic E-state index is 0.0863. The van der Waals surface area contributed by atoms with Crippen LogP contribution in [0.2, 0.25) is 0 Å². The Morgan fingerprint density at radius 3 is 2.70 bits per heavy atom. The Morgan fingerprint density at radius 1 is 1.19 bits per heavy atom. The molecule has 1 heterocycles. The summed E-state index contributed by atoms with van der Waals surface area (Å²) in [6.45, 7) is 7.77. The lowest BCUT2D eigenvalue weighted by molar-refractivity contribution is 0.0656. The number of hydrogen-bond donors (Lipinski definition) is 2. The maximum absolute atomic E-state index is 12.8. The number of carbonyl (C=O) groups excluding carboxylic acids is 1. The third kappa shape index (κ3) is 4.31. The first-order valence-electron chi connectivity index (χ1n) is 9.00. The lowest BCUT2D eigenvalue weighted by Crippen LogP contribution is -2.52. The summed E-state index contributed by atoms with van der Waals surface area (Å²) >= 11 is 0. The fraction of sp³-hybridized carbons (Fsp3) is 0.350. The second-order valence-corrected chi connectivity index (χ2v) is 8.66. The van der Waals surface area contributed by atoms with E-state index in [1.807, 2.05) is 24.8 Å². The van der Waals surface area contributed by atoms with Crippen LogP contribution in [0, 0.1) is 13.8 Å². The van der Waals surface area contributed by atoms with Gasteiger partial charge in [0, 0.05) is 36.9 Å². The number of sulfonamides is 1. The van der Waals surface area contributed by atoms with E-state index in [9.17, 15) is 13.2 Å². The molecule has 7 heteroatoms. The molecule has 0 aromatic heterocycles. The number of benzene rings is 2. The second-order valence-electron chi connectivity index (χ2n) is 7.01. The van der Waals surface area contributed by atoms with Gasteiger partial charge in [-0.15, -0.1) is 0 Å². The number of nitrogens with one attached hydrogen (secondary N) is 2. The summed E-state index contributed by atoms with van der Waals surface area (Å²) in [6.07, 6.45) is 0. The summed E-state index contributed by atoms with van der Waals surface area (Å²) in [5.74, 6) is -0.0863. The van der Waals surface area contributed by atoms with Crippen molar-refractivity contribution < 1.29 is 13.2 Å². The van der Waals surface area contributed by atoms with Crippen molar-refractivity contribution >= 4 is 21.6 Å². The largest absolute Gasteiger partial charge is 0.333 e. The molecule has 1 atom stereocenters. The van der Waals surface area contributed by atoms with Crippen molar-refractivity contribution in [2.75, 3.05) is 24.4 Å². The van der Waals surface area contributed by atoms with Crippen molar-refractivity contribution in [2.24, 2.45) is 0 Å². The molecule has 1 aliphatic heterocycles. The van der Waals surface area contributed by atoms with Crippen LogP contribution in [0.5, 0.6) is 0 Å². The van der Waals surface area contributed by atoms with E-state index in [1.165, 1.54) is 0 Å². The third-order valence-corrected chi connectivity index (χ3v) is 6.28. The molecular weight excluding hydrogens is 362 g/mol. The summed E-state index contributed by atoms with van der Waals surface area (Å²) in [7, 11) is -3.73. The molecule has 0 radical (unpaired) electrons. The molecule has 1 amide bonds. The molecule has 144 valence electrons. The number of nitrogens with zero attached hydrogens (tertiary/aromatic N) is 1. The van der Waals surface area contributed by atoms with Crippen LogP contribution in [0.3, 0.4) is 0 Å². The number of anilines is 1. The molecular formula is C20H25N3O3S. The van der Waals surface area contributed by atoms with Gasteiger partial charge in [0.05, 0.1) is 4.90 Å². The number of aryl methyl sites for hydroxylation is 2. The van der Waals surface area contributed by atoms with Crippen molar-refractivity contribution in [3.05, 3.63) is 59.2 Å². The predicted molar refractivity (Wildman–Crippen MR) is 107 cm³/mol. The van der Waals surface area contributed by atoms with E-state index >= 15 is 0 Å². The highest BCUT2D eigenvalue weighted by Gasteiger charge is 2.24. The highest BCUT2D eigenvalue weighted by Crippen LogP contribution is 2.22. The lowest BCUT2D eigenvalue weighted by atomic mass is 10.1. The molecule has 6 nitrogen and oxygen atoms in total. The van der Waals surface area contributed by atoms with Crippen LogP contribution in [-0.4, -0.2) is 44.9 Å². The summed E-state index contributed by atoms with van der Waals surface area (Å²) in [5.41, 5.74) is 2.40. The first-order valence-corrected chi connectivity index (χ1v) is 10.5. The van der Waals surface area contributed by atoms with Gasteiger partial charge in [0.25, 0.3) is 15.9 Å². The van der Waals surface area contributed by atoms with Crippen LogP contribution in [0.25, 0.3) is 0 Å². The topological polar surface area (TPSA) is 78.5 Å². The zero-order valence-electron chi connectivity index (χ0n) is 15.8. The van der Waals surface area contributed by atoms with Gasteiger partial charge in [-0.1, -0.05) is 18.2 Å². The Labute approximate surface area is 160 Å². The highest BCUT2D eigenvalue weighted by atomic mass is 32.2. The average Bonchev–Trinajstić information content (AvgIpc) is 2.63. The summed E-state index contributed by atoms with van der Waals surface area (Å²) in [5, 5.41) is 3.26. The van der Waals surface area contributed by atoms with Crippen molar-refractivity contribution in [2.45, 2.75) is 31.7 Å². The zero-order chi connectivity index (χ0) is 19.6. The first-order chi connectivity index (χ1) is 12.8. The third-order valence-electron chi connectivity index (χ3n) is 4.76. The van der Waals surface area contributed by atoms with E-state index in [0.29, 0.717) is 23.4 Å². The van der Waals surface area contributed by atoms with Crippen LogP contribution >= 0.6 is 0 Å². The number of piperazine rings is 1. The Hall–Kier alpha value is -2.38. The second kappa shape index (κ2) is 7.70. The maximum Gasteiger partial charge on any atom is 0.262 e. The van der Waals surface area contributed by atoms with E-state index in [-0.39, 0.29) is 16.8 Å². The molecule has 0 unspecified atom stereocenters. The van der Waals surface area contributed by atoms with Gasteiger partial charge >= 0.3 is 0 Å². The van der Waals surface area contributed by atoms with Crippen LogP contribution in [-0.2, 0) is 10.0 Å². The predicted octanol–water partition coefficient (Wildman–Crippen LogP) is 2.54. The van der Waals surface area contributed by atoms with E-state index in [1.54, 1.807) is 43.3 Å². The van der Waals surface area contributed by atoms with Crippen LogP contribution < -0.4 is 10.0 Å². The number of rotatable bonds is 4. The van der Waals surface area contributed by atoms with Crippen molar-refractivity contribution in [1.82, 2.24) is 10.2 Å². The van der Waals surface area contributed by atoms with Gasteiger partial charge < -0.3 is 10.2 Å². The molecule has 3 rings (SSSR count). The van der Waals surface area contributed by atoms with Crippen LogP contribution in [0.4, 0.5) is 5.69 Å². The number of amides is 1. The van der Waals surface area contributed by atoms with Gasteiger partial charge in [-0.3, -0.25) is 9.52 Å². The minimum atomic E-state index is -3.73. The fourth-order valence-corrected chi connectivity index (χ4v) is 4.61. The molecule has 2 aromatic rings. The van der Waals surface area contributed by atoms with Gasteiger partial charge in [0.1, 0.15) is 0 Å². The van der Waals surface area contributed by atoms with E-state index in [2.05, 4.69) is 10.0 Å². The monoisotopic (exact) mass is 387 g/mol. The van der Waals surface area contributed by atoms with Crippen molar-refractivity contribution in [3.63, 3.8) is 0 Å². The Bertz CT molecular complexity index is 957. The number of carbonyl (C=O) groups is 1. The number of hydrogen-bond acceptors (Lipinski definition) is 4. The molecule has 0 bridgehead atoms. The van der Waals surface area contributed by atoms with E-state index < -0.39 is 10.0 Å². The molecule has 2 aromatic carbocycles. The molecule has 1 aliphatic rings. The Morgan fingerprint density at radius 2 is 1.96 bits per heavy atom. The van der Waals surface area contributed by atoms with Crippen LogP contribution in [0.1, 0.15) is 28.4 Å². The average molecular weight is 388 g/mol. The summed E-state index contributed by atoms with van der Waals surface area (Å²) in [4.78, 5) is 14.9. The fourth-order valence-electron chi connectivity index (χ4n) is 3.23. The molecule has 0 saturated carbocycles. The molecule has 0 aliphatic carbocycles. The lowest BCUT2D eigenvalue weighted by Gasteiger charge is -2.34. The van der Waals surface area contributed by atoms with E-state index in [4.69, 9.17) is 0 Å². The molecule has 0 spiro atoms. The smallest absolute Gasteiger partial charge is 0.262 e. The zero-order valence-corrected chi connectivity index (χ0v) is 16.6.